The van der Waals surface area contributed by atoms with Crippen molar-refractivity contribution in [1.29, 1.82) is 0 Å². The second kappa shape index (κ2) is 15.3. The third-order valence-electron chi connectivity index (χ3n) is 3.56. The summed E-state index contributed by atoms with van der Waals surface area (Å²) in [6.07, 6.45) is 16.3. The number of hydrogen-bond acceptors (Lipinski definition) is 1. The number of aliphatic hydroxyl groups is 1. The molecule has 0 aliphatic carbocycles. The molecule has 0 aliphatic rings. The first-order valence-electron chi connectivity index (χ1n) is 8.05. The van der Waals surface area contributed by atoms with Crippen LogP contribution in [-0.4, -0.2) is 17.1 Å². The van der Waals surface area contributed by atoms with Gasteiger partial charge in [0.1, 0.15) is 0 Å². The standard InChI is InChI=1S/C16H33ClO/c1-2-3-4-5-6-7-8-9-10-11-13-16(18)14-12-15-17/h16,18H,2-15H2,1H3. The van der Waals surface area contributed by atoms with Crippen LogP contribution in [0.2, 0.25) is 0 Å². The van der Waals surface area contributed by atoms with Crippen molar-refractivity contribution in [1.82, 2.24) is 0 Å². The Hall–Kier alpha value is 0.250. The van der Waals surface area contributed by atoms with Crippen LogP contribution in [0, 0.1) is 0 Å². The van der Waals surface area contributed by atoms with E-state index in [2.05, 4.69) is 6.92 Å². The molecule has 1 N–H and O–H groups in total. The average Bonchev–Trinajstić information content (AvgIpc) is 2.38. The zero-order valence-corrected chi connectivity index (χ0v) is 13.1. The van der Waals surface area contributed by atoms with Crippen molar-refractivity contribution in [3.05, 3.63) is 0 Å². The van der Waals surface area contributed by atoms with Gasteiger partial charge >= 0.3 is 0 Å². The van der Waals surface area contributed by atoms with Gasteiger partial charge in [0.15, 0.2) is 0 Å². The molecule has 0 bridgehead atoms. The van der Waals surface area contributed by atoms with Crippen LogP contribution in [0.25, 0.3) is 0 Å². The summed E-state index contributed by atoms with van der Waals surface area (Å²) in [7, 11) is 0. The zero-order valence-electron chi connectivity index (χ0n) is 12.3. The van der Waals surface area contributed by atoms with Crippen molar-refractivity contribution in [2.24, 2.45) is 0 Å². The minimum Gasteiger partial charge on any atom is -0.393 e. The summed E-state index contributed by atoms with van der Waals surface area (Å²) in [6.45, 7) is 2.27. The van der Waals surface area contributed by atoms with E-state index in [0.29, 0.717) is 5.88 Å². The highest BCUT2D eigenvalue weighted by Crippen LogP contribution is 2.13. The first kappa shape index (κ1) is 18.2. The van der Waals surface area contributed by atoms with Gasteiger partial charge in [-0.1, -0.05) is 71.1 Å². The van der Waals surface area contributed by atoms with Crippen molar-refractivity contribution in [3.8, 4) is 0 Å². The highest BCUT2D eigenvalue weighted by Gasteiger charge is 2.02. The fraction of sp³-hybridized carbons (Fsp3) is 1.00. The molecule has 1 atom stereocenters. The molecule has 0 aliphatic heterocycles. The molecule has 0 saturated heterocycles. The van der Waals surface area contributed by atoms with E-state index in [1.165, 1.54) is 64.2 Å². The van der Waals surface area contributed by atoms with E-state index < -0.39 is 0 Å². The summed E-state index contributed by atoms with van der Waals surface area (Å²) in [6, 6.07) is 0. The molecule has 0 spiro atoms. The van der Waals surface area contributed by atoms with Gasteiger partial charge in [0.25, 0.3) is 0 Å². The molecule has 2 heteroatoms. The summed E-state index contributed by atoms with van der Waals surface area (Å²) in [5.74, 6) is 0.676. The SMILES string of the molecule is CCCCCCCCCCCCC(O)CCCCl. The van der Waals surface area contributed by atoms with Crippen molar-refractivity contribution >= 4 is 11.6 Å². The van der Waals surface area contributed by atoms with Crippen LogP contribution in [-0.2, 0) is 0 Å². The molecule has 0 saturated carbocycles. The maximum atomic E-state index is 9.64. The van der Waals surface area contributed by atoms with Crippen molar-refractivity contribution in [3.63, 3.8) is 0 Å². The third-order valence-corrected chi connectivity index (χ3v) is 3.83. The first-order chi connectivity index (χ1) is 8.81. The maximum Gasteiger partial charge on any atom is 0.0540 e. The minimum atomic E-state index is -0.113. The Morgan fingerprint density at radius 3 is 1.67 bits per heavy atom. The van der Waals surface area contributed by atoms with Gasteiger partial charge in [-0.05, 0) is 19.3 Å². The normalized spacial score (nSPS) is 12.8. The Labute approximate surface area is 119 Å². The number of rotatable bonds is 14. The van der Waals surface area contributed by atoms with Crippen LogP contribution in [0.5, 0.6) is 0 Å². The van der Waals surface area contributed by atoms with Crippen molar-refractivity contribution in [2.75, 3.05) is 5.88 Å². The molecule has 0 fully saturated rings. The lowest BCUT2D eigenvalue weighted by atomic mass is 10.0. The lowest BCUT2D eigenvalue weighted by Gasteiger charge is -2.08. The molecule has 1 unspecified atom stereocenters. The Kier molecular flexibility index (Phi) is 15.5. The molecular weight excluding hydrogens is 244 g/mol. The van der Waals surface area contributed by atoms with Gasteiger partial charge in [-0.2, -0.15) is 0 Å². The van der Waals surface area contributed by atoms with E-state index in [9.17, 15) is 5.11 Å². The Morgan fingerprint density at radius 2 is 1.17 bits per heavy atom. The first-order valence-corrected chi connectivity index (χ1v) is 8.58. The third kappa shape index (κ3) is 14.3. The van der Waals surface area contributed by atoms with Crippen molar-refractivity contribution < 1.29 is 5.11 Å². The molecule has 1 nitrogen and oxygen atoms in total. The number of aliphatic hydroxyl groups excluding tert-OH is 1. The Morgan fingerprint density at radius 1 is 0.722 bits per heavy atom. The number of hydrogen-bond donors (Lipinski definition) is 1. The monoisotopic (exact) mass is 276 g/mol. The van der Waals surface area contributed by atoms with Crippen LogP contribution >= 0.6 is 11.6 Å². The predicted molar refractivity (Wildman–Crippen MR) is 82.4 cm³/mol. The van der Waals surface area contributed by atoms with Gasteiger partial charge in [-0.3, -0.25) is 0 Å². The molecular formula is C16H33ClO. The van der Waals surface area contributed by atoms with Gasteiger partial charge < -0.3 is 5.11 Å². The summed E-state index contributed by atoms with van der Waals surface area (Å²) >= 11 is 5.60. The minimum absolute atomic E-state index is 0.113. The molecule has 0 amide bonds. The van der Waals surface area contributed by atoms with Gasteiger partial charge in [0.05, 0.1) is 6.10 Å². The quantitative estimate of drug-likeness (QED) is 0.320. The fourth-order valence-corrected chi connectivity index (χ4v) is 2.48. The van der Waals surface area contributed by atoms with E-state index in [0.717, 1.165) is 19.3 Å². The molecule has 0 aromatic rings. The van der Waals surface area contributed by atoms with E-state index in [4.69, 9.17) is 11.6 Å². The zero-order chi connectivity index (χ0) is 13.5. The van der Waals surface area contributed by atoms with E-state index in [1.807, 2.05) is 0 Å². The topological polar surface area (TPSA) is 20.2 Å². The van der Waals surface area contributed by atoms with Crippen LogP contribution in [0.1, 0.15) is 90.4 Å². The molecule has 110 valence electrons. The summed E-state index contributed by atoms with van der Waals surface area (Å²) in [4.78, 5) is 0. The summed E-state index contributed by atoms with van der Waals surface area (Å²) < 4.78 is 0. The van der Waals surface area contributed by atoms with Gasteiger partial charge in [-0.25, -0.2) is 0 Å². The number of unbranched alkanes of at least 4 members (excludes halogenated alkanes) is 9. The molecule has 0 radical (unpaired) electrons. The molecule has 0 aromatic heterocycles. The number of alkyl halides is 1. The van der Waals surface area contributed by atoms with Crippen LogP contribution in [0.4, 0.5) is 0 Å². The molecule has 0 heterocycles. The van der Waals surface area contributed by atoms with E-state index >= 15 is 0 Å². The van der Waals surface area contributed by atoms with Gasteiger partial charge in [-0.15, -0.1) is 11.6 Å². The number of halogens is 1. The smallest absolute Gasteiger partial charge is 0.0540 e. The van der Waals surface area contributed by atoms with Gasteiger partial charge in [0, 0.05) is 5.88 Å². The molecule has 18 heavy (non-hydrogen) atoms. The maximum absolute atomic E-state index is 9.64. The van der Waals surface area contributed by atoms with Crippen LogP contribution in [0.3, 0.4) is 0 Å². The molecule has 0 aromatic carbocycles. The Bertz CT molecular complexity index is 150. The Balaban J connectivity index is 3.02. The van der Waals surface area contributed by atoms with Gasteiger partial charge in [0.2, 0.25) is 0 Å². The largest absolute Gasteiger partial charge is 0.393 e. The van der Waals surface area contributed by atoms with E-state index in [1.54, 1.807) is 0 Å². The summed E-state index contributed by atoms with van der Waals surface area (Å²) in [5.41, 5.74) is 0. The average molecular weight is 277 g/mol. The lowest BCUT2D eigenvalue weighted by Crippen LogP contribution is -2.06. The second-order valence-corrected chi connectivity index (χ2v) is 5.83. The second-order valence-electron chi connectivity index (χ2n) is 5.46. The van der Waals surface area contributed by atoms with Crippen molar-refractivity contribution in [2.45, 2.75) is 96.5 Å². The fourth-order valence-electron chi connectivity index (χ4n) is 2.32. The molecule has 0 rings (SSSR count). The highest BCUT2D eigenvalue weighted by molar-refractivity contribution is 6.17. The summed E-state index contributed by atoms with van der Waals surface area (Å²) in [5, 5.41) is 9.64. The van der Waals surface area contributed by atoms with E-state index in [-0.39, 0.29) is 6.10 Å². The predicted octanol–water partition coefficient (Wildman–Crippen LogP) is 5.68. The lowest BCUT2D eigenvalue weighted by molar-refractivity contribution is 0.150. The highest BCUT2D eigenvalue weighted by atomic mass is 35.5. The van der Waals surface area contributed by atoms with Crippen LogP contribution < -0.4 is 0 Å². The van der Waals surface area contributed by atoms with Crippen LogP contribution in [0.15, 0.2) is 0 Å².